The SMILES string of the molecule is CC(=O)NCSCC(=O)NCC(=O)NCC(=O)NCC(=O)O. The Kier molecular flexibility index (Phi) is 10.2. The number of nitrogens with one attached hydrogen (secondary N) is 4. The van der Waals surface area contributed by atoms with Crippen LogP contribution in [-0.2, 0) is 24.0 Å². The molecule has 0 spiro atoms. The average Bonchev–Trinajstić information content (AvgIpc) is 2.45. The number of hydrogen-bond acceptors (Lipinski definition) is 6. The molecule has 0 radical (unpaired) electrons. The van der Waals surface area contributed by atoms with Crippen molar-refractivity contribution >= 4 is 41.4 Å². The van der Waals surface area contributed by atoms with E-state index in [9.17, 15) is 24.0 Å². The lowest BCUT2D eigenvalue weighted by Gasteiger charge is -2.07. The number of amides is 4. The van der Waals surface area contributed by atoms with Gasteiger partial charge in [0.05, 0.1) is 24.7 Å². The van der Waals surface area contributed by atoms with Crippen molar-refractivity contribution in [1.29, 1.82) is 0 Å². The molecule has 0 aliphatic rings. The van der Waals surface area contributed by atoms with Crippen molar-refractivity contribution in [2.75, 3.05) is 31.3 Å². The molecule has 124 valence electrons. The molecule has 0 atom stereocenters. The fraction of sp³-hybridized carbons (Fsp3) is 0.545. The van der Waals surface area contributed by atoms with E-state index in [-0.39, 0.29) is 30.7 Å². The third kappa shape index (κ3) is 12.7. The molecule has 5 N–H and O–H groups in total. The smallest absolute Gasteiger partial charge is 0.322 e. The molecule has 0 aromatic carbocycles. The minimum absolute atomic E-state index is 0.0760. The van der Waals surface area contributed by atoms with Crippen molar-refractivity contribution in [3.05, 3.63) is 0 Å². The number of rotatable bonds is 10. The molecule has 10 nitrogen and oxygen atoms in total. The largest absolute Gasteiger partial charge is 0.480 e. The van der Waals surface area contributed by atoms with Gasteiger partial charge in [0.2, 0.25) is 23.6 Å². The summed E-state index contributed by atoms with van der Waals surface area (Å²) in [6.45, 7) is 0.152. The van der Waals surface area contributed by atoms with Gasteiger partial charge in [-0.3, -0.25) is 24.0 Å². The number of carbonyl (C=O) groups excluding carboxylic acids is 4. The number of aliphatic carboxylic acids is 1. The van der Waals surface area contributed by atoms with Gasteiger partial charge in [-0.05, 0) is 0 Å². The minimum Gasteiger partial charge on any atom is -0.480 e. The molecule has 0 bridgehead atoms. The Morgan fingerprint density at radius 3 is 1.82 bits per heavy atom. The normalized spacial score (nSPS) is 9.50. The van der Waals surface area contributed by atoms with Gasteiger partial charge in [-0.2, -0.15) is 0 Å². The monoisotopic (exact) mass is 334 g/mol. The van der Waals surface area contributed by atoms with Gasteiger partial charge >= 0.3 is 5.97 Å². The molecule has 0 unspecified atom stereocenters. The quantitative estimate of drug-likeness (QED) is 0.214. The van der Waals surface area contributed by atoms with Crippen LogP contribution in [0, 0.1) is 0 Å². The highest BCUT2D eigenvalue weighted by Gasteiger charge is 2.08. The van der Waals surface area contributed by atoms with Crippen molar-refractivity contribution in [3.8, 4) is 0 Å². The second-order valence-corrected chi connectivity index (χ2v) is 4.94. The Morgan fingerprint density at radius 2 is 1.32 bits per heavy atom. The molecular formula is C11H18N4O6S. The maximum atomic E-state index is 11.3. The van der Waals surface area contributed by atoms with Crippen LogP contribution in [0.5, 0.6) is 0 Å². The summed E-state index contributed by atoms with van der Waals surface area (Å²) in [4.78, 5) is 54.5. The molecule has 0 rings (SSSR count). The topological polar surface area (TPSA) is 154 Å². The number of carbonyl (C=O) groups is 5. The lowest BCUT2D eigenvalue weighted by molar-refractivity contribution is -0.137. The van der Waals surface area contributed by atoms with Gasteiger partial charge in [0.1, 0.15) is 6.54 Å². The second kappa shape index (κ2) is 11.4. The van der Waals surface area contributed by atoms with Crippen LogP contribution in [0.3, 0.4) is 0 Å². The minimum atomic E-state index is -1.19. The van der Waals surface area contributed by atoms with Gasteiger partial charge < -0.3 is 26.4 Å². The zero-order chi connectivity index (χ0) is 17.0. The third-order valence-electron chi connectivity index (χ3n) is 1.99. The predicted molar refractivity (Wildman–Crippen MR) is 77.8 cm³/mol. The summed E-state index contributed by atoms with van der Waals surface area (Å²) in [6.07, 6.45) is 0. The first kappa shape index (κ1) is 19.7. The lowest BCUT2D eigenvalue weighted by atomic mass is 10.5. The van der Waals surface area contributed by atoms with Crippen molar-refractivity contribution in [2.45, 2.75) is 6.92 Å². The van der Waals surface area contributed by atoms with Gasteiger partial charge in [0.25, 0.3) is 0 Å². The molecule has 0 fully saturated rings. The van der Waals surface area contributed by atoms with Gasteiger partial charge in [-0.1, -0.05) is 0 Å². The van der Waals surface area contributed by atoms with Crippen molar-refractivity contribution in [2.24, 2.45) is 0 Å². The predicted octanol–water partition coefficient (Wildman–Crippen LogP) is -2.75. The molecule has 0 heterocycles. The molecule has 4 amide bonds. The lowest BCUT2D eigenvalue weighted by Crippen LogP contribution is -2.43. The highest BCUT2D eigenvalue weighted by atomic mass is 32.2. The van der Waals surface area contributed by atoms with Crippen LogP contribution in [0.4, 0.5) is 0 Å². The van der Waals surface area contributed by atoms with E-state index >= 15 is 0 Å². The van der Waals surface area contributed by atoms with E-state index in [1.54, 1.807) is 0 Å². The maximum Gasteiger partial charge on any atom is 0.322 e. The van der Waals surface area contributed by atoms with Crippen LogP contribution in [0.25, 0.3) is 0 Å². The first-order valence-electron chi connectivity index (χ1n) is 6.15. The maximum absolute atomic E-state index is 11.3. The first-order chi connectivity index (χ1) is 10.3. The highest BCUT2D eigenvalue weighted by Crippen LogP contribution is 1.95. The summed E-state index contributed by atoms with van der Waals surface area (Å²) >= 11 is 1.17. The van der Waals surface area contributed by atoms with Crippen LogP contribution in [-0.4, -0.2) is 66.0 Å². The molecule has 0 saturated carbocycles. The Balaban J connectivity index is 3.67. The van der Waals surface area contributed by atoms with E-state index in [4.69, 9.17) is 5.11 Å². The molecule has 0 saturated heterocycles. The summed E-state index contributed by atoms with van der Waals surface area (Å²) in [7, 11) is 0. The Morgan fingerprint density at radius 1 is 0.818 bits per heavy atom. The molecule has 0 aromatic rings. The molecule has 0 aliphatic heterocycles. The molecule has 22 heavy (non-hydrogen) atoms. The fourth-order valence-electron chi connectivity index (χ4n) is 1.00. The summed E-state index contributed by atoms with van der Waals surface area (Å²) < 4.78 is 0. The number of thioether (sulfide) groups is 1. The van der Waals surface area contributed by atoms with Crippen LogP contribution in [0.2, 0.25) is 0 Å². The molecule has 0 aliphatic carbocycles. The summed E-state index contributed by atoms with van der Waals surface area (Å²) in [5.41, 5.74) is 0. The Bertz CT molecular complexity index is 442. The highest BCUT2D eigenvalue weighted by molar-refractivity contribution is 7.99. The van der Waals surface area contributed by atoms with Crippen molar-refractivity contribution in [3.63, 3.8) is 0 Å². The zero-order valence-corrected chi connectivity index (χ0v) is 12.7. The van der Waals surface area contributed by atoms with E-state index in [1.165, 1.54) is 18.7 Å². The van der Waals surface area contributed by atoms with E-state index < -0.39 is 24.3 Å². The number of carboxylic acids is 1. The standard InChI is InChI=1S/C11H18N4O6S/c1-7(16)15-6-22-5-10(19)13-3-8(17)12-2-9(18)14-4-11(20)21/h2-6H2,1H3,(H,12,17)(H,13,19)(H,14,18)(H,15,16)(H,20,21). The third-order valence-corrected chi connectivity index (χ3v) is 2.80. The van der Waals surface area contributed by atoms with Crippen LogP contribution < -0.4 is 21.3 Å². The Labute approximate surface area is 130 Å². The van der Waals surface area contributed by atoms with Crippen molar-refractivity contribution in [1.82, 2.24) is 21.3 Å². The average molecular weight is 334 g/mol. The number of hydrogen-bond donors (Lipinski definition) is 5. The van der Waals surface area contributed by atoms with E-state index in [0.717, 1.165) is 0 Å². The summed E-state index contributed by atoms with van der Waals surface area (Å²) in [6, 6.07) is 0. The summed E-state index contributed by atoms with van der Waals surface area (Å²) in [5, 5.41) is 17.4. The first-order valence-corrected chi connectivity index (χ1v) is 7.30. The van der Waals surface area contributed by atoms with Crippen LogP contribution in [0.1, 0.15) is 6.92 Å². The van der Waals surface area contributed by atoms with Crippen LogP contribution in [0.15, 0.2) is 0 Å². The van der Waals surface area contributed by atoms with Crippen LogP contribution >= 0.6 is 11.8 Å². The van der Waals surface area contributed by atoms with E-state index in [2.05, 4.69) is 21.3 Å². The fourth-order valence-corrected chi connectivity index (χ4v) is 1.70. The number of carboxylic acid groups (broad SMARTS) is 1. The van der Waals surface area contributed by atoms with E-state index in [0.29, 0.717) is 5.88 Å². The molecule has 11 heteroatoms. The zero-order valence-electron chi connectivity index (χ0n) is 11.9. The van der Waals surface area contributed by atoms with Gasteiger partial charge in [-0.15, -0.1) is 11.8 Å². The molecule has 0 aromatic heterocycles. The Hall–Kier alpha value is -2.30. The molecular weight excluding hydrogens is 316 g/mol. The van der Waals surface area contributed by atoms with Gasteiger partial charge in [0, 0.05) is 6.92 Å². The van der Waals surface area contributed by atoms with Crippen molar-refractivity contribution < 1.29 is 29.1 Å². The van der Waals surface area contributed by atoms with Gasteiger partial charge in [-0.25, -0.2) is 0 Å². The van der Waals surface area contributed by atoms with Gasteiger partial charge in [0.15, 0.2) is 0 Å². The summed E-state index contributed by atoms with van der Waals surface area (Å²) in [5.74, 6) is -2.64. The second-order valence-electron chi connectivity index (χ2n) is 3.95. The van der Waals surface area contributed by atoms with E-state index in [1.807, 2.05) is 0 Å².